The number of benzene rings is 1. The van der Waals surface area contributed by atoms with Gasteiger partial charge in [-0.25, -0.2) is 8.42 Å². The molecule has 7 nitrogen and oxygen atoms in total. The molecule has 0 radical (unpaired) electrons. The summed E-state index contributed by atoms with van der Waals surface area (Å²) in [6, 6.07) is 5.24. The SMILES string of the molecule is Cc1cccc([N+](=O)[O-])c1N1CCN(C2CCS(=O)(=O)C2)CC1. The van der Waals surface area contributed by atoms with E-state index in [1.807, 2.05) is 17.9 Å². The number of rotatable bonds is 3. The number of aryl methyl sites for hydroxylation is 1. The number of nitro benzene ring substituents is 1. The molecular formula is C15H21N3O4S. The lowest BCUT2D eigenvalue weighted by Crippen LogP contribution is -2.51. The summed E-state index contributed by atoms with van der Waals surface area (Å²) in [5.74, 6) is 0.526. The molecule has 2 aliphatic rings. The summed E-state index contributed by atoms with van der Waals surface area (Å²) >= 11 is 0. The van der Waals surface area contributed by atoms with E-state index in [1.54, 1.807) is 6.07 Å². The van der Waals surface area contributed by atoms with Crippen LogP contribution < -0.4 is 4.90 Å². The van der Waals surface area contributed by atoms with Gasteiger partial charge in [0.2, 0.25) is 0 Å². The smallest absolute Gasteiger partial charge is 0.292 e. The fraction of sp³-hybridized carbons (Fsp3) is 0.600. The van der Waals surface area contributed by atoms with E-state index < -0.39 is 9.84 Å². The molecule has 0 saturated carbocycles. The first-order valence-corrected chi connectivity index (χ1v) is 9.63. The predicted molar refractivity (Wildman–Crippen MR) is 88.7 cm³/mol. The first kappa shape index (κ1) is 16.2. The van der Waals surface area contributed by atoms with Gasteiger partial charge in [-0.05, 0) is 18.9 Å². The fourth-order valence-electron chi connectivity index (χ4n) is 3.58. The monoisotopic (exact) mass is 339 g/mol. The number of piperazine rings is 1. The van der Waals surface area contributed by atoms with Crippen LogP contribution >= 0.6 is 0 Å². The first-order chi connectivity index (χ1) is 10.9. The molecular weight excluding hydrogens is 318 g/mol. The van der Waals surface area contributed by atoms with Crippen molar-refractivity contribution in [3.05, 3.63) is 33.9 Å². The zero-order valence-corrected chi connectivity index (χ0v) is 14.0. The van der Waals surface area contributed by atoms with Gasteiger partial charge in [0.15, 0.2) is 9.84 Å². The third-order valence-electron chi connectivity index (χ3n) is 4.77. The van der Waals surface area contributed by atoms with Crippen LogP contribution in [0, 0.1) is 17.0 Å². The molecule has 2 heterocycles. The third-order valence-corrected chi connectivity index (χ3v) is 6.52. The van der Waals surface area contributed by atoms with E-state index in [9.17, 15) is 18.5 Å². The minimum absolute atomic E-state index is 0.106. The summed E-state index contributed by atoms with van der Waals surface area (Å²) in [5.41, 5.74) is 1.73. The quantitative estimate of drug-likeness (QED) is 0.608. The van der Waals surface area contributed by atoms with Crippen LogP contribution in [-0.4, -0.2) is 62.0 Å². The van der Waals surface area contributed by atoms with E-state index in [-0.39, 0.29) is 28.2 Å². The molecule has 3 rings (SSSR count). The zero-order chi connectivity index (χ0) is 16.6. The summed E-state index contributed by atoms with van der Waals surface area (Å²) in [4.78, 5) is 15.2. The number of para-hydroxylation sites is 1. The molecule has 1 atom stereocenters. The van der Waals surface area contributed by atoms with Crippen molar-refractivity contribution in [2.45, 2.75) is 19.4 Å². The van der Waals surface area contributed by atoms with Gasteiger partial charge in [0, 0.05) is 38.3 Å². The molecule has 2 aliphatic heterocycles. The Labute approximate surface area is 136 Å². The minimum Gasteiger partial charge on any atom is -0.363 e. The second kappa shape index (κ2) is 6.09. The molecule has 1 aromatic rings. The zero-order valence-electron chi connectivity index (χ0n) is 13.1. The molecule has 23 heavy (non-hydrogen) atoms. The van der Waals surface area contributed by atoms with E-state index in [2.05, 4.69) is 4.90 Å². The summed E-state index contributed by atoms with van der Waals surface area (Å²) < 4.78 is 23.2. The number of hydrogen-bond acceptors (Lipinski definition) is 6. The van der Waals surface area contributed by atoms with Crippen molar-refractivity contribution >= 4 is 21.2 Å². The normalized spacial score (nSPS) is 24.7. The van der Waals surface area contributed by atoms with E-state index in [0.717, 1.165) is 18.7 Å². The van der Waals surface area contributed by atoms with Crippen molar-refractivity contribution in [2.75, 3.05) is 42.6 Å². The Morgan fingerprint density at radius 2 is 1.91 bits per heavy atom. The lowest BCUT2D eigenvalue weighted by molar-refractivity contribution is -0.384. The van der Waals surface area contributed by atoms with Gasteiger partial charge in [-0.3, -0.25) is 15.0 Å². The van der Waals surface area contributed by atoms with Crippen molar-refractivity contribution in [2.24, 2.45) is 0 Å². The van der Waals surface area contributed by atoms with Gasteiger partial charge in [0.1, 0.15) is 5.69 Å². The second-order valence-electron chi connectivity index (χ2n) is 6.28. The second-order valence-corrected chi connectivity index (χ2v) is 8.51. The number of anilines is 1. The molecule has 0 aromatic heterocycles. The highest BCUT2D eigenvalue weighted by atomic mass is 32.2. The average molecular weight is 339 g/mol. The van der Waals surface area contributed by atoms with Crippen LogP contribution in [0.3, 0.4) is 0 Å². The molecule has 0 aliphatic carbocycles. The molecule has 0 amide bonds. The Bertz CT molecular complexity index is 711. The van der Waals surface area contributed by atoms with Gasteiger partial charge in [-0.15, -0.1) is 0 Å². The van der Waals surface area contributed by atoms with Gasteiger partial charge >= 0.3 is 0 Å². The Morgan fingerprint density at radius 3 is 2.48 bits per heavy atom. The molecule has 0 bridgehead atoms. The molecule has 1 aromatic carbocycles. The predicted octanol–water partition coefficient (Wildman–Crippen LogP) is 1.21. The molecule has 0 spiro atoms. The lowest BCUT2D eigenvalue weighted by atomic mass is 10.1. The Kier molecular flexibility index (Phi) is 4.29. The summed E-state index contributed by atoms with van der Waals surface area (Å²) in [6.07, 6.45) is 0.701. The lowest BCUT2D eigenvalue weighted by Gasteiger charge is -2.39. The minimum atomic E-state index is -2.88. The van der Waals surface area contributed by atoms with E-state index >= 15 is 0 Å². The number of hydrogen-bond donors (Lipinski definition) is 0. The molecule has 8 heteroatoms. The maximum Gasteiger partial charge on any atom is 0.292 e. The van der Waals surface area contributed by atoms with Gasteiger partial charge in [-0.2, -0.15) is 0 Å². The molecule has 0 N–H and O–H groups in total. The Morgan fingerprint density at radius 1 is 1.22 bits per heavy atom. The number of nitro groups is 1. The van der Waals surface area contributed by atoms with Crippen molar-refractivity contribution in [3.8, 4) is 0 Å². The fourth-order valence-corrected chi connectivity index (χ4v) is 5.34. The van der Waals surface area contributed by atoms with Crippen LogP contribution in [0.15, 0.2) is 18.2 Å². The van der Waals surface area contributed by atoms with Crippen LogP contribution in [-0.2, 0) is 9.84 Å². The number of sulfone groups is 1. The topological polar surface area (TPSA) is 83.8 Å². The van der Waals surface area contributed by atoms with Gasteiger partial charge in [0.05, 0.1) is 16.4 Å². The third kappa shape index (κ3) is 3.32. The highest BCUT2D eigenvalue weighted by Crippen LogP contribution is 2.32. The van der Waals surface area contributed by atoms with Crippen LogP contribution in [0.2, 0.25) is 0 Å². The summed E-state index contributed by atoms with van der Waals surface area (Å²) in [6.45, 7) is 4.74. The Hall–Kier alpha value is -1.67. The number of nitrogens with zero attached hydrogens (tertiary/aromatic N) is 3. The van der Waals surface area contributed by atoms with E-state index in [0.29, 0.717) is 25.2 Å². The van der Waals surface area contributed by atoms with Gasteiger partial charge < -0.3 is 4.90 Å². The van der Waals surface area contributed by atoms with Crippen molar-refractivity contribution in [3.63, 3.8) is 0 Å². The van der Waals surface area contributed by atoms with Crippen molar-refractivity contribution in [1.29, 1.82) is 0 Å². The van der Waals surface area contributed by atoms with Crippen molar-refractivity contribution < 1.29 is 13.3 Å². The van der Waals surface area contributed by atoms with Crippen LogP contribution in [0.4, 0.5) is 11.4 Å². The van der Waals surface area contributed by atoms with E-state index in [4.69, 9.17) is 0 Å². The summed E-state index contributed by atoms with van der Waals surface area (Å²) in [7, 11) is -2.88. The Balaban J connectivity index is 1.72. The van der Waals surface area contributed by atoms with Crippen LogP contribution in [0.1, 0.15) is 12.0 Å². The summed E-state index contributed by atoms with van der Waals surface area (Å²) in [5, 5.41) is 11.3. The maximum atomic E-state index is 11.6. The standard InChI is InChI=1S/C15H21N3O4S/c1-12-3-2-4-14(18(19)20)15(12)17-8-6-16(7-9-17)13-5-10-23(21,22)11-13/h2-4,13H,5-11H2,1H3. The van der Waals surface area contributed by atoms with Crippen LogP contribution in [0.5, 0.6) is 0 Å². The van der Waals surface area contributed by atoms with Gasteiger partial charge in [-0.1, -0.05) is 12.1 Å². The molecule has 2 fully saturated rings. The maximum absolute atomic E-state index is 11.6. The highest BCUT2D eigenvalue weighted by molar-refractivity contribution is 7.91. The van der Waals surface area contributed by atoms with Crippen molar-refractivity contribution in [1.82, 2.24) is 4.90 Å². The average Bonchev–Trinajstić information content (AvgIpc) is 2.87. The largest absolute Gasteiger partial charge is 0.363 e. The molecule has 2 saturated heterocycles. The molecule has 1 unspecified atom stereocenters. The van der Waals surface area contributed by atoms with Gasteiger partial charge in [0.25, 0.3) is 5.69 Å². The molecule has 126 valence electrons. The first-order valence-electron chi connectivity index (χ1n) is 7.81. The van der Waals surface area contributed by atoms with Crippen LogP contribution in [0.25, 0.3) is 0 Å². The van der Waals surface area contributed by atoms with E-state index in [1.165, 1.54) is 6.07 Å². The highest BCUT2D eigenvalue weighted by Gasteiger charge is 2.34.